The van der Waals surface area contributed by atoms with Gasteiger partial charge in [-0.3, -0.25) is 0 Å². The molecule has 0 bridgehead atoms. The van der Waals surface area contributed by atoms with E-state index in [4.69, 9.17) is 46.4 Å². The Morgan fingerprint density at radius 1 is 0.833 bits per heavy atom. The Labute approximate surface area is 125 Å². The summed E-state index contributed by atoms with van der Waals surface area (Å²) < 4.78 is 0. The number of aliphatic hydroxyl groups is 1. The molecule has 1 nitrogen and oxygen atoms in total. The van der Waals surface area contributed by atoms with E-state index < -0.39 is 6.10 Å². The first-order valence-corrected chi connectivity index (χ1v) is 6.59. The van der Waals surface area contributed by atoms with Crippen molar-refractivity contribution in [1.82, 2.24) is 0 Å². The van der Waals surface area contributed by atoms with Gasteiger partial charge in [0.15, 0.2) is 0 Å². The van der Waals surface area contributed by atoms with Crippen LogP contribution < -0.4 is 0 Å². The molecule has 0 spiro atoms. The summed E-state index contributed by atoms with van der Waals surface area (Å²) in [6, 6.07) is 9.94. The third kappa shape index (κ3) is 2.76. The van der Waals surface area contributed by atoms with Gasteiger partial charge in [0.05, 0.1) is 10.0 Å². The van der Waals surface area contributed by atoms with Crippen molar-refractivity contribution < 1.29 is 5.11 Å². The van der Waals surface area contributed by atoms with Gasteiger partial charge >= 0.3 is 0 Å². The lowest BCUT2D eigenvalue weighted by atomic mass is 10.0. The second kappa shape index (κ2) is 5.68. The minimum Gasteiger partial charge on any atom is -0.384 e. The van der Waals surface area contributed by atoms with E-state index in [2.05, 4.69) is 0 Å². The highest BCUT2D eigenvalue weighted by Gasteiger charge is 2.18. The van der Waals surface area contributed by atoms with Gasteiger partial charge in [-0.2, -0.15) is 0 Å². The zero-order valence-corrected chi connectivity index (χ0v) is 12.0. The number of hydrogen-bond acceptors (Lipinski definition) is 1. The van der Waals surface area contributed by atoms with Crippen LogP contribution in [0.15, 0.2) is 36.4 Å². The molecular weight excluding hydrogens is 314 g/mol. The monoisotopic (exact) mass is 320 g/mol. The molecule has 0 saturated heterocycles. The van der Waals surface area contributed by atoms with Crippen molar-refractivity contribution in [3.05, 3.63) is 67.6 Å². The third-order valence-electron chi connectivity index (χ3n) is 2.53. The fourth-order valence-electron chi connectivity index (χ4n) is 1.62. The topological polar surface area (TPSA) is 20.2 Å². The van der Waals surface area contributed by atoms with Crippen molar-refractivity contribution in [3.8, 4) is 0 Å². The molecule has 94 valence electrons. The van der Waals surface area contributed by atoms with Crippen molar-refractivity contribution in [2.45, 2.75) is 6.10 Å². The summed E-state index contributed by atoms with van der Waals surface area (Å²) in [5.74, 6) is 0. The largest absolute Gasteiger partial charge is 0.384 e. The van der Waals surface area contributed by atoms with Crippen LogP contribution in [0.2, 0.25) is 20.1 Å². The van der Waals surface area contributed by atoms with Gasteiger partial charge in [-0.05, 0) is 24.3 Å². The van der Waals surface area contributed by atoms with E-state index in [1.807, 2.05) is 0 Å². The van der Waals surface area contributed by atoms with Gasteiger partial charge < -0.3 is 5.11 Å². The molecule has 0 saturated carbocycles. The summed E-state index contributed by atoms with van der Waals surface area (Å²) in [5.41, 5.74) is 0.988. The summed E-state index contributed by atoms with van der Waals surface area (Å²) in [6.07, 6.45) is -0.970. The van der Waals surface area contributed by atoms with Gasteiger partial charge in [-0.15, -0.1) is 0 Å². The Bertz CT molecular complexity index is 581. The molecule has 0 aromatic heterocycles. The molecule has 18 heavy (non-hydrogen) atoms. The van der Waals surface area contributed by atoms with Crippen LogP contribution in [-0.4, -0.2) is 5.11 Å². The molecule has 0 aliphatic heterocycles. The minimum atomic E-state index is -0.970. The number of benzene rings is 2. The maximum atomic E-state index is 10.3. The number of rotatable bonds is 2. The van der Waals surface area contributed by atoms with E-state index in [-0.39, 0.29) is 0 Å². The first kappa shape index (κ1) is 14.0. The van der Waals surface area contributed by atoms with Gasteiger partial charge in [-0.1, -0.05) is 58.5 Å². The fraction of sp³-hybridized carbons (Fsp3) is 0.0769. The van der Waals surface area contributed by atoms with Crippen LogP contribution >= 0.6 is 46.4 Å². The van der Waals surface area contributed by atoms with Crippen LogP contribution in [0.5, 0.6) is 0 Å². The second-order valence-corrected chi connectivity index (χ2v) is 5.34. The molecule has 2 aromatic rings. The molecule has 5 heteroatoms. The van der Waals surface area contributed by atoms with Gasteiger partial charge in [0.25, 0.3) is 0 Å². The Morgan fingerprint density at radius 2 is 1.56 bits per heavy atom. The standard InChI is InChI=1S/C13H8Cl4O/c14-7-4-5-10(15)9(6-7)13(18)8-2-1-3-11(16)12(8)17/h1-6,13,18H. The molecule has 0 aliphatic rings. The zero-order valence-electron chi connectivity index (χ0n) is 9.00. The Kier molecular flexibility index (Phi) is 4.41. The van der Waals surface area contributed by atoms with Crippen LogP contribution in [0.3, 0.4) is 0 Å². The fourth-order valence-corrected chi connectivity index (χ4v) is 2.44. The van der Waals surface area contributed by atoms with Crippen molar-refractivity contribution in [3.63, 3.8) is 0 Å². The average Bonchev–Trinajstić information content (AvgIpc) is 2.35. The van der Waals surface area contributed by atoms with Gasteiger partial charge in [0, 0.05) is 21.2 Å². The summed E-state index contributed by atoms with van der Waals surface area (Å²) in [7, 11) is 0. The Balaban J connectivity index is 2.51. The maximum Gasteiger partial charge on any atom is 0.107 e. The molecular formula is C13H8Cl4O. The molecule has 0 amide bonds. The van der Waals surface area contributed by atoms with E-state index in [9.17, 15) is 5.11 Å². The summed E-state index contributed by atoms with van der Waals surface area (Å²) >= 11 is 23.9. The Hall–Kier alpha value is -0.440. The van der Waals surface area contributed by atoms with Crippen LogP contribution in [-0.2, 0) is 0 Å². The molecule has 2 aromatic carbocycles. The zero-order chi connectivity index (χ0) is 13.3. The van der Waals surface area contributed by atoms with E-state index in [1.54, 1.807) is 36.4 Å². The minimum absolute atomic E-state index is 0.308. The lowest BCUT2D eigenvalue weighted by molar-refractivity contribution is 0.220. The van der Waals surface area contributed by atoms with E-state index >= 15 is 0 Å². The summed E-state index contributed by atoms with van der Waals surface area (Å²) in [5, 5.41) is 11.9. The number of hydrogen-bond donors (Lipinski definition) is 1. The van der Waals surface area contributed by atoms with E-state index in [0.717, 1.165) is 0 Å². The first-order valence-electron chi connectivity index (χ1n) is 5.07. The Morgan fingerprint density at radius 3 is 2.28 bits per heavy atom. The lowest BCUT2D eigenvalue weighted by Gasteiger charge is -2.15. The molecule has 1 atom stereocenters. The molecule has 0 radical (unpaired) electrons. The normalized spacial score (nSPS) is 12.5. The van der Waals surface area contributed by atoms with Crippen LogP contribution in [0.1, 0.15) is 17.2 Å². The van der Waals surface area contributed by atoms with Crippen molar-refractivity contribution >= 4 is 46.4 Å². The van der Waals surface area contributed by atoms with Crippen LogP contribution in [0.25, 0.3) is 0 Å². The van der Waals surface area contributed by atoms with Gasteiger partial charge in [-0.25, -0.2) is 0 Å². The quantitative estimate of drug-likeness (QED) is 0.787. The molecule has 0 heterocycles. The molecule has 2 rings (SSSR count). The molecule has 1 unspecified atom stereocenters. The summed E-state index contributed by atoms with van der Waals surface area (Å²) in [6.45, 7) is 0. The van der Waals surface area contributed by atoms with Crippen LogP contribution in [0, 0.1) is 0 Å². The SMILES string of the molecule is OC(c1cc(Cl)ccc1Cl)c1cccc(Cl)c1Cl. The summed E-state index contributed by atoms with van der Waals surface area (Å²) in [4.78, 5) is 0. The number of aliphatic hydroxyl groups excluding tert-OH is 1. The lowest BCUT2D eigenvalue weighted by Crippen LogP contribution is -2.01. The molecule has 0 aliphatic carbocycles. The highest BCUT2D eigenvalue weighted by atomic mass is 35.5. The maximum absolute atomic E-state index is 10.3. The smallest absolute Gasteiger partial charge is 0.107 e. The first-order chi connectivity index (χ1) is 8.50. The van der Waals surface area contributed by atoms with Crippen LogP contribution in [0.4, 0.5) is 0 Å². The van der Waals surface area contributed by atoms with Gasteiger partial charge in [0.2, 0.25) is 0 Å². The van der Waals surface area contributed by atoms with E-state index in [0.29, 0.717) is 31.2 Å². The highest BCUT2D eigenvalue weighted by Crippen LogP contribution is 2.36. The molecule has 1 N–H and O–H groups in total. The van der Waals surface area contributed by atoms with Crippen molar-refractivity contribution in [2.75, 3.05) is 0 Å². The van der Waals surface area contributed by atoms with Gasteiger partial charge in [0.1, 0.15) is 6.10 Å². The van der Waals surface area contributed by atoms with Crippen molar-refractivity contribution in [2.24, 2.45) is 0 Å². The average molecular weight is 322 g/mol. The van der Waals surface area contributed by atoms with Crippen molar-refractivity contribution in [1.29, 1.82) is 0 Å². The van der Waals surface area contributed by atoms with E-state index in [1.165, 1.54) is 0 Å². The highest BCUT2D eigenvalue weighted by molar-refractivity contribution is 6.42. The predicted octanol–water partition coefficient (Wildman–Crippen LogP) is 5.38. The molecule has 0 fully saturated rings. The predicted molar refractivity (Wildman–Crippen MR) is 77.0 cm³/mol. The third-order valence-corrected chi connectivity index (χ3v) is 3.94. The second-order valence-electron chi connectivity index (χ2n) is 3.71. The number of halogens is 4.